The lowest BCUT2D eigenvalue weighted by atomic mass is 9.81. The van der Waals surface area contributed by atoms with Crippen molar-refractivity contribution in [2.45, 2.75) is 29.4 Å². The number of carbonyl (C=O) groups excluding carboxylic acids is 2. The predicted molar refractivity (Wildman–Crippen MR) is 119 cm³/mol. The lowest BCUT2D eigenvalue weighted by Gasteiger charge is -2.25. The number of thioether (sulfide) groups is 1. The number of anilines is 1. The van der Waals surface area contributed by atoms with Gasteiger partial charge in [0.15, 0.2) is 0 Å². The lowest BCUT2D eigenvalue weighted by Crippen LogP contribution is -2.40. The SMILES string of the molecule is CC(=O)N1CCC2(C1)CN(C(=O)Cc1ncc(SCC(=O)O)s1)c1ccc(Br)cc12. The summed E-state index contributed by atoms with van der Waals surface area (Å²) in [5.74, 6) is -0.894. The summed E-state index contributed by atoms with van der Waals surface area (Å²) in [5.41, 5.74) is 1.75. The van der Waals surface area contributed by atoms with E-state index in [4.69, 9.17) is 5.11 Å². The van der Waals surface area contributed by atoms with Crippen LogP contribution in [0.3, 0.4) is 0 Å². The first kappa shape index (κ1) is 21.3. The van der Waals surface area contributed by atoms with E-state index in [9.17, 15) is 14.4 Å². The largest absolute Gasteiger partial charge is 0.481 e. The Morgan fingerprint density at radius 2 is 2.13 bits per heavy atom. The highest BCUT2D eigenvalue weighted by Gasteiger charge is 2.49. The fraction of sp³-hybridized carbons (Fsp3) is 0.400. The molecule has 1 unspecified atom stereocenters. The smallest absolute Gasteiger partial charge is 0.313 e. The zero-order valence-corrected chi connectivity index (χ0v) is 19.5. The van der Waals surface area contributed by atoms with Gasteiger partial charge in [0.1, 0.15) is 5.01 Å². The first-order valence-electron chi connectivity index (χ1n) is 9.43. The summed E-state index contributed by atoms with van der Waals surface area (Å²) in [7, 11) is 0. The predicted octanol–water partition coefficient (Wildman–Crippen LogP) is 3.16. The van der Waals surface area contributed by atoms with Crippen molar-refractivity contribution < 1.29 is 19.5 Å². The van der Waals surface area contributed by atoms with Gasteiger partial charge in [0, 0.05) is 42.1 Å². The lowest BCUT2D eigenvalue weighted by molar-refractivity contribution is -0.134. The first-order chi connectivity index (χ1) is 14.3. The number of halogens is 1. The maximum Gasteiger partial charge on any atom is 0.313 e. The number of carboxylic acids is 1. The maximum absolute atomic E-state index is 13.2. The molecule has 1 spiro atoms. The topological polar surface area (TPSA) is 90.8 Å². The molecule has 1 N–H and O–H groups in total. The third kappa shape index (κ3) is 4.13. The van der Waals surface area contributed by atoms with Crippen LogP contribution in [0.15, 0.2) is 33.1 Å². The molecular weight excluding hydrogens is 490 g/mol. The number of amides is 2. The summed E-state index contributed by atoms with van der Waals surface area (Å²) >= 11 is 6.10. The van der Waals surface area contributed by atoms with Gasteiger partial charge in [-0.05, 0) is 30.2 Å². The summed E-state index contributed by atoms with van der Waals surface area (Å²) in [6.07, 6.45) is 2.62. The number of aliphatic carboxylic acids is 1. The van der Waals surface area contributed by atoms with Crippen LogP contribution < -0.4 is 4.90 Å². The molecule has 2 aliphatic rings. The van der Waals surface area contributed by atoms with E-state index in [1.807, 2.05) is 21.9 Å². The van der Waals surface area contributed by atoms with Gasteiger partial charge in [-0.25, -0.2) is 4.98 Å². The second kappa shape index (κ2) is 8.32. The Labute approximate surface area is 190 Å². The molecule has 4 rings (SSSR count). The van der Waals surface area contributed by atoms with Gasteiger partial charge < -0.3 is 14.9 Å². The van der Waals surface area contributed by atoms with Crippen molar-refractivity contribution in [3.8, 4) is 0 Å². The van der Waals surface area contributed by atoms with Gasteiger partial charge in [-0.15, -0.1) is 23.1 Å². The molecule has 1 aromatic heterocycles. The molecule has 0 aliphatic carbocycles. The highest BCUT2D eigenvalue weighted by molar-refractivity contribution is 9.10. The Morgan fingerprint density at radius 1 is 1.33 bits per heavy atom. The maximum atomic E-state index is 13.2. The second-order valence-corrected chi connectivity index (χ2v) is 10.9. The molecule has 1 fully saturated rings. The average molecular weight is 510 g/mol. The Bertz CT molecular complexity index is 1030. The van der Waals surface area contributed by atoms with E-state index in [1.54, 1.807) is 13.1 Å². The van der Waals surface area contributed by atoms with E-state index in [0.717, 1.165) is 26.4 Å². The minimum Gasteiger partial charge on any atom is -0.481 e. The van der Waals surface area contributed by atoms with Gasteiger partial charge in [-0.3, -0.25) is 14.4 Å². The monoisotopic (exact) mass is 509 g/mol. The molecule has 158 valence electrons. The number of hydrogen-bond acceptors (Lipinski definition) is 6. The van der Waals surface area contributed by atoms with Crippen LogP contribution >= 0.6 is 39.0 Å². The molecular formula is C20H20BrN3O4S2. The van der Waals surface area contributed by atoms with Crippen molar-refractivity contribution in [3.05, 3.63) is 39.4 Å². The molecule has 1 aromatic carbocycles. The van der Waals surface area contributed by atoms with Crippen molar-refractivity contribution in [1.82, 2.24) is 9.88 Å². The van der Waals surface area contributed by atoms with Crippen LogP contribution in [0.25, 0.3) is 0 Å². The summed E-state index contributed by atoms with van der Waals surface area (Å²) in [5, 5.41) is 9.48. The Hall–Kier alpha value is -1.91. The van der Waals surface area contributed by atoms with E-state index in [2.05, 4.69) is 27.0 Å². The highest BCUT2D eigenvalue weighted by atomic mass is 79.9. The van der Waals surface area contributed by atoms with Crippen molar-refractivity contribution in [2.24, 2.45) is 0 Å². The van der Waals surface area contributed by atoms with Crippen molar-refractivity contribution in [3.63, 3.8) is 0 Å². The zero-order valence-electron chi connectivity index (χ0n) is 16.3. The second-order valence-electron chi connectivity index (χ2n) is 7.54. The van der Waals surface area contributed by atoms with E-state index in [0.29, 0.717) is 24.6 Å². The molecule has 2 amide bonds. The average Bonchev–Trinajstić information content (AvgIpc) is 3.39. The summed E-state index contributed by atoms with van der Waals surface area (Å²) < 4.78 is 1.74. The number of benzene rings is 1. The normalized spacial score (nSPS) is 20.1. The number of nitrogens with zero attached hydrogens (tertiary/aromatic N) is 3. The fourth-order valence-corrected chi connectivity index (χ4v) is 6.25. The van der Waals surface area contributed by atoms with Crippen LogP contribution in [-0.4, -0.2) is 58.2 Å². The third-order valence-corrected chi connectivity index (χ3v) is 8.22. The molecule has 0 radical (unpaired) electrons. The molecule has 10 heteroatoms. The first-order valence-corrected chi connectivity index (χ1v) is 12.0. The molecule has 2 aliphatic heterocycles. The fourth-order valence-electron chi connectivity index (χ4n) is 4.15. The number of thiazole rings is 1. The van der Waals surface area contributed by atoms with Gasteiger partial charge in [0.2, 0.25) is 11.8 Å². The third-order valence-electron chi connectivity index (χ3n) is 5.55. The molecule has 0 bridgehead atoms. The molecule has 0 saturated carbocycles. The van der Waals surface area contributed by atoms with Gasteiger partial charge in [-0.2, -0.15) is 0 Å². The Kier molecular flexibility index (Phi) is 5.91. The van der Waals surface area contributed by atoms with Crippen LogP contribution in [0.4, 0.5) is 5.69 Å². The van der Waals surface area contributed by atoms with E-state index < -0.39 is 5.97 Å². The number of carbonyl (C=O) groups is 3. The standard InChI is InChI=1S/C20H20BrN3O4S2/c1-12(25)23-5-4-20(10-23)11-24(15-3-2-13(21)6-14(15)20)17(26)7-16-22-8-19(30-16)29-9-18(27)28/h2-3,6,8H,4-5,7,9-11H2,1H3,(H,27,28). The Balaban J connectivity index is 1.54. The number of likely N-dealkylation sites (tertiary alicyclic amines) is 1. The number of aromatic nitrogens is 1. The van der Waals surface area contributed by atoms with Crippen molar-refractivity contribution in [2.75, 3.05) is 30.3 Å². The van der Waals surface area contributed by atoms with Crippen LogP contribution in [-0.2, 0) is 26.2 Å². The number of hydrogen-bond donors (Lipinski definition) is 1. The van der Waals surface area contributed by atoms with Crippen LogP contribution in [0.1, 0.15) is 23.9 Å². The van der Waals surface area contributed by atoms with Gasteiger partial charge in [0.25, 0.3) is 0 Å². The van der Waals surface area contributed by atoms with Crippen LogP contribution in [0.2, 0.25) is 0 Å². The van der Waals surface area contributed by atoms with Crippen LogP contribution in [0.5, 0.6) is 0 Å². The van der Waals surface area contributed by atoms with Gasteiger partial charge in [-0.1, -0.05) is 15.9 Å². The minimum absolute atomic E-state index is 0.0286. The molecule has 7 nitrogen and oxygen atoms in total. The van der Waals surface area contributed by atoms with E-state index >= 15 is 0 Å². The molecule has 1 atom stereocenters. The van der Waals surface area contributed by atoms with E-state index in [-0.39, 0.29) is 29.4 Å². The van der Waals surface area contributed by atoms with Crippen LogP contribution in [0, 0.1) is 0 Å². The van der Waals surface area contributed by atoms with E-state index in [1.165, 1.54) is 23.1 Å². The Morgan fingerprint density at radius 3 is 2.83 bits per heavy atom. The minimum atomic E-state index is -0.882. The highest BCUT2D eigenvalue weighted by Crippen LogP contribution is 2.47. The van der Waals surface area contributed by atoms with Crippen molar-refractivity contribution in [1.29, 1.82) is 0 Å². The quantitative estimate of drug-likeness (QED) is 0.622. The van der Waals surface area contributed by atoms with Gasteiger partial charge in [0.05, 0.1) is 22.6 Å². The number of fused-ring (bicyclic) bond motifs is 2. The van der Waals surface area contributed by atoms with Gasteiger partial charge >= 0.3 is 5.97 Å². The molecule has 3 heterocycles. The number of rotatable bonds is 5. The summed E-state index contributed by atoms with van der Waals surface area (Å²) in [6.45, 7) is 3.44. The van der Waals surface area contributed by atoms with Crippen molar-refractivity contribution >= 4 is 62.5 Å². The molecule has 30 heavy (non-hydrogen) atoms. The summed E-state index contributed by atoms with van der Waals surface area (Å²) in [4.78, 5) is 43.8. The molecule has 1 saturated heterocycles. The molecule has 2 aromatic rings. The summed E-state index contributed by atoms with van der Waals surface area (Å²) in [6, 6.07) is 5.95. The zero-order chi connectivity index (χ0) is 21.5. The number of carboxylic acid groups (broad SMARTS) is 1.